The van der Waals surface area contributed by atoms with E-state index in [9.17, 15) is 4.79 Å². The second-order valence-electron chi connectivity index (χ2n) is 5.23. The normalized spacial score (nSPS) is 10.9. The lowest BCUT2D eigenvalue weighted by Crippen LogP contribution is -2.12. The Morgan fingerprint density at radius 1 is 1.12 bits per heavy atom. The fourth-order valence-electron chi connectivity index (χ4n) is 2.47. The number of fused-ring (bicyclic) bond motifs is 1. The van der Waals surface area contributed by atoms with E-state index < -0.39 is 0 Å². The number of nitrogens with one attached hydrogen (secondary N) is 1. The SMILES string of the molecule is O=C(Nc1ccccc1-c1cn2ccsc2n1)c1ccc(Br)cc1. The van der Waals surface area contributed by atoms with E-state index in [4.69, 9.17) is 0 Å². The van der Waals surface area contributed by atoms with Crippen molar-refractivity contribution >= 4 is 43.8 Å². The summed E-state index contributed by atoms with van der Waals surface area (Å²) < 4.78 is 2.92. The molecule has 6 heteroatoms. The van der Waals surface area contributed by atoms with E-state index in [1.165, 1.54) is 0 Å². The average molecular weight is 398 g/mol. The summed E-state index contributed by atoms with van der Waals surface area (Å²) in [5.74, 6) is -0.143. The van der Waals surface area contributed by atoms with Crippen molar-refractivity contribution in [3.63, 3.8) is 0 Å². The molecule has 2 heterocycles. The predicted octanol–water partition coefficient (Wildman–Crippen LogP) is 5.08. The molecule has 1 N–H and O–H groups in total. The molecule has 0 unspecified atom stereocenters. The van der Waals surface area contributed by atoms with E-state index >= 15 is 0 Å². The number of halogens is 1. The van der Waals surface area contributed by atoms with Crippen LogP contribution in [-0.2, 0) is 0 Å². The fourth-order valence-corrected chi connectivity index (χ4v) is 3.43. The number of anilines is 1. The molecule has 0 saturated carbocycles. The Hall–Kier alpha value is -2.44. The van der Waals surface area contributed by atoms with Gasteiger partial charge in [-0.3, -0.25) is 9.20 Å². The van der Waals surface area contributed by atoms with Gasteiger partial charge in [-0.25, -0.2) is 4.98 Å². The van der Waals surface area contributed by atoms with Crippen LogP contribution in [0.1, 0.15) is 10.4 Å². The lowest BCUT2D eigenvalue weighted by molar-refractivity contribution is 0.102. The number of amides is 1. The lowest BCUT2D eigenvalue weighted by atomic mass is 10.1. The van der Waals surface area contributed by atoms with Gasteiger partial charge in [0.05, 0.1) is 11.4 Å². The minimum atomic E-state index is -0.143. The first-order chi connectivity index (χ1) is 11.7. The van der Waals surface area contributed by atoms with Crippen LogP contribution in [0.25, 0.3) is 16.2 Å². The molecule has 1 amide bonds. The molecule has 4 rings (SSSR count). The van der Waals surface area contributed by atoms with Gasteiger partial charge < -0.3 is 5.32 Å². The third-order valence-corrected chi connectivity index (χ3v) is 4.95. The molecule has 0 saturated heterocycles. The Balaban J connectivity index is 1.67. The number of carbonyl (C=O) groups excluding carboxylic acids is 1. The molecule has 4 aromatic rings. The van der Waals surface area contributed by atoms with Gasteiger partial charge in [0.2, 0.25) is 0 Å². The van der Waals surface area contributed by atoms with Crippen molar-refractivity contribution in [2.45, 2.75) is 0 Å². The summed E-state index contributed by atoms with van der Waals surface area (Å²) in [4.78, 5) is 18.0. The Morgan fingerprint density at radius 3 is 2.71 bits per heavy atom. The topological polar surface area (TPSA) is 46.4 Å². The molecule has 0 aliphatic heterocycles. The number of thiazole rings is 1. The van der Waals surface area contributed by atoms with Crippen LogP contribution < -0.4 is 5.32 Å². The maximum absolute atomic E-state index is 12.5. The third-order valence-electron chi connectivity index (χ3n) is 3.65. The van der Waals surface area contributed by atoms with Crippen LogP contribution in [0.2, 0.25) is 0 Å². The number of para-hydroxylation sites is 1. The van der Waals surface area contributed by atoms with Crippen molar-refractivity contribution in [2.75, 3.05) is 5.32 Å². The van der Waals surface area contributed by atoms with Crippen molar-refractivity contribution < 1.29 is 4.79 Å². The maximum Gasteiger partial charge on any atom is 0.255 e. The van der Waals surface area contributed by atoms with Crippen LogP contribution in [0.5, 0.6) is 0 Å². The quantitative estimate of drug-likeness (QED) is 0.523. The number of imidazole rings is 1. The number of benzene rings is 2. The van der Waals surface area contributed by atoms with E-state index in [1.54, 1.807) is 23.5 Å². The van der Waals surface area contributed by atoms with Crippen molar-refractivity contribution in [1.82, 2.24) is 9.38 Å². The number of hydrogen-bond acceptors (Lipinski definition) is 3. The average Bonchev–Trinajstić information content (AvgIpc) is 3.17. The summed E-state index contributed by atoms with van der Waals surface area (Å²) >= 11 is 4.96. The summed E-state index contributed by atoms with van der Waals surface area (Å²) in [5, 5.41) is 4.97. The van der Waals surface area contributed by atoms with E-state index in [-0.39, 0.29) is 5.91 Å². The number of hydrogen-bond donors (Lipinski definition) is 1. The van der Waals surface area contributed by atoms with Crippen LogP contribution in [-0.4, -0.2) is 15.3 Å². The molecule has 118 valence electrons. The van der Waals surface area contributed by atoms with Crippen molar-refractivity contribution in [1.29, 1.82) is 0 Å². The van der Waals surface area contributed by atoms with Crippen LogP contribution in [0.15, 0.2) is 70.8 Å². The molecule has 0 fully saturated rings. The highest BCUT2D eigenvalue weighted by molar-refractivity contribution is 9.10. The summed E-state index contributed by atoms with van der Waals surface area (Å²) in [7, 11) is 0. The lowest BCUT2D eigenvalue weighted by Gasteiger charge is -2.09. The molecule has 0 atom stereocenters. The smallest absolute Gasteiger partial charge is 0.255 e. The Bertz CT molecular complexity index is 992. The Morgan fingerprint density at radius 2 is 1.92 bits per heavy atom. The predicted molar refractivity (Wildman–Crippen MR) is 101 cm³/mol. The maximum atomic E-state index is 12.5. The van der Waals surface area contributed by atoms with Crippen LogP contribution in [0.4, 0.5) is 5.69 Å². The first-order valence-electron chi connectivity index (χ1n) is 7.29. The summed E-state index contributed by atoms with van der Waals surface area (Å²) in [6.45, 7) is 0. The standard InChI is InChI=1S/C18H12BrN3OS/c19-13-7-5-12(6-8-13)17(23)20-15-4-2-1-3-14(15)16-11-22-9-10-24-18(22)21-16/h1-11H,(H,20,23). The van der Waals surface area contributed by atoms with Gasteiger partial charge in [0.1, 0.15) is 0 Å². The molecule has 0 spiro atoms. The molecular weight excluding hydrogens is 386 g/mol. The van der Waals surface area contributed by atoms with Gasteiger partial charge in [0.25, 0.3) is 5.91 Å². The largest absolute Gasteiger partial charge is 0.321 e. The first kappa shape index (κ1) is 15.1. The number of aromatic nitrogens is 2. The molecule has 24 heavy (non-hydrogen) atoms. The van der Waals surface area contributed by atoms with Crippen LogP contribution >= 0.6 is 27.3 Å². The molecule has 2 aromatic carbocycles. The second-order valence-corrected chi connectivity index (χ2v) is 7.01. The summed E-state index contributed by atoms with van der Waals surface area (Å²) in [6, 6.07) is 15.0. The van der Waals surface area contributed by atoms with Gasteiger partial charge in [-0.15, -0.1) is 11.3 Å². The Labute approximate surface area is 150 Å². The number of carbonyl (C=O) groups is 1. The minimum Gasteiger partial charge on any atom is -0.321 e. The zero-order valence-electron chi connectivity index (χ0n) is 12.4. The zero-order chi connectivity index (χ0) is 16.5. The van der Waals surface area contributed by atoms with Gasteiger partial charge >= 0.3 is 0 Å². The van der Waals surface area contributed by atoms with Crippen LogP contribution in [0, 0.1) is 0 Å². The van der Waals surface area contributed by atoms with Gasteiger partial charge in [0.15, 0.2) is 4.96 Å². The van der Waals surface area contributed by atoms with Crippen molar-refractivity contribution in [3.8, 4) is 11.3 Å². The molecule has 0 aliphatic carbocycles. The molecule has 0 aliphatic rings. The van der Waals surface area contributed by atoms with Gasteiger partial charge in [-0.2, -0.15) is 0 Å². The highest BCUT2D eigenvalue weighted by Crippen LogP contribution is 2.28. The number of rotatable bonds is 3. The van der Waals surface area contributed by atoms with E-state index in [0.717, 1.165) is 26.4 Å². The summed E-state index contributed by atoms with van der Waals surface area (Å²) in [5.41, 5.74) is 3.10. The first-order valence-corrected chi connectivity index (χ1v) is 8.96. The monoisotopic (exact) mass is 397 g/mol. The van der Waals surface area contributed by atoms with E-state index in [2.05, 4.69) is 26.2 Å². The Kier molecular flexibility index (Phi) is 3.92. The third kappa shape index (κ3) is 2.86. The van der Waals surface area contributed by atoms with E-state index in [1.807, 2.05) is 58.6 Å². The molecule has 2 aromatic heterocycles. The fraction of sp³-hybridized carbons (Fsp3) is 0. The zero-order valence-corrected chi connectivity index (χ0v) is 14.8. The highest BCUT2D eigenvalue weighted by atomic mass is 79.9. The summed E-state index contributed by atoms with van der Waals surface area (Å²) in [6.07, 6.45) is 3.94. The minimum absolute atomic E-state index is 0.143. The van der Waals surface area contributed by atoms with Gasteiger partial charge in [-0.05, 0) is 30.3 Å². The number of nitrogens with zero attached hydrogens (tertiary/aromatic N) is 2. The van der Waals surface area contributed by atoms with E-state index in [0.29, 0.717) is 5.56 Å². The molecule has 0 bridgehead atoms. The highest BCUT2D eigenvalue weighted by Gasteiger charge is 2.12. The van der Waals surface area contributed by atoms with Gasteiger partial charge in [0, 0.05) is 33.4 Å². The molecule has 4 nitrogen and oxygen atoms in total. The molecular formula is C18H12BrN3OS. The molecule has 0 radical (unpaired) electrons. The second kappa shape index (κ2) is 6.22. The van der Waals surface area contributed by atoms with Crippen molar-refractivity contribution in [2.24, 2.45) is 0 Å². The van der Waals surface area contributed by atoms with Crippen molar-refractivity contribution in [3.05, 3.63) is 76.3 Å². The van der Waals surface area contributed by atoms with Gasteiger partial charge in [-0.1, -0.05) is 34.1 Å². The van der Waals surface area contributed by atoms with Crippen LogP contribution in [0.3, 0.4) is 0 Å².